The lowest BCUT2D eigenvalue weighted by Gasteiger charge is -2.11. The van der Waals surface area contributed by atoms with E-state index in [2.05, 4.69) is 20.9 Å². The molecular formula is C15H13BrN4O3. The third-order valence-corrected chi connectivity index (χ3v) is 4.24. The van der Waals surface area contributed by atoms with Gasteiger partial charge in [-0.3, -0.25) is 23.3 Å². The van der Waals surface area contributed by atoms with Crippen molar-refractivity contribution in [2.45, 2.75) is 6.54 Å². The van der Waals surface area contributed by atoms with Crippen molar-refractivity contribution < 1.29 is 0 Å². The van der Waals surface area contributed by atoms with Crippen molar-refractivity contribution in [2.75, 3.05) is 0 Å². The van der Waals surface area contributed by atoms with Gasteiger partial charge < -0.3 is 0 Å². The average Bonchev–Trinajstić information content (AvgIpc) is 2.53. The smallest absolute Gasteiger partial charge is 0.299 e. The van der Waals surface area contributed by atoms with Gasteiger partial charge >= 0.3 is 5.69 Å². The first-order chi connectivity index (χ1) is 10.9. The molecule has 1 aromatic carbocycles. The molecule has 0 fully saturated rings. The van der Waals surface area contributed by atoms with Crippen LogP contribution >= 0.6 is 15.9 Å². The fraction of sp³-hybridized carbons (Fsp3) is 0.200. The molecule has 0 radical (unpaired) electrons. The van der Waals surface area contributed by atoms with Gasteiger partial charge in [-0.1, -0.05) is 15.9 Å². The van der Waals surface area contributed by atoms with Gasteiger partial charge in [-0.05, 0) is 18.2 Å². The Labute approximate surface area is 138 Å². The predicted octanol–water partition coefficient (Wildman–Crippen LogP) is 0.605. The highest BCUT2D eigenvalue weighted by Crippen LogP contribution is 2.14. The standard InChI is InChI=1S/C15H13BrN4O3/c1-18-10(6-13(21)19(2)15(18)23)7-20-8-17-12-4-3-9(16)5-11(12)14(20)22/h3-6,8H,7H2,1-2H3. The van der Waals surface area contributed by atoms with E-state index in [9.17, 15) is 14.4 Å². The lowest BCUT2D eigenvalue weighted by Crippen LogP contribution is -2.39. The zero-order chi connectivity index (χ0) is 16.7. The van der Waals surface area contributed by atoms with Gasteiger partial charge in [-0.15, -0.1) is 0 Å². The fourth-order valence-electron chi connectivity index (χ4n) is 2.35. The molecule has 0 bridgehead atoms. The quantitative estimate of drug-likeness (QED) is 0.656. The van der Waals surface area contributed by atoms with E-state index in [0.717, 1.165) is 9.04 Å². The Hall–Kier alpha value is -2.48. The molecule has 0 atom stereocenters. The van der Waals surface area contributed by atoms with Crippen molar-refractivity contribution in [1.29, 1.82) is 0 Å². The van der Waals surface area contributed by atoms with Gasteiger partial charge in [0.15, 0.2) is 0 Å². The monoisotopic (exact) mass is 376 g/mol. The number of fused-ring (bicyclic) bond motifs is 1. The number of aromatic nitrogens is 4. The second kappa shape index (κ2) is 5.62. The molecule has 0 saturated carbocycles. The molecule has 3 rings (SSSR count). The maximum absolute atomic E-state index is 12.6. The fourth-order valence-corrected chi connectivity index (χ4v) is 2.71. The maximum Gasteiger partial charge on any atom is 0.330 e. The second-order valence-corrected chi connectivity index (χ2v) is 6.13. The third-order valence-electron chi connectivity index (χ3n) is 3.74. The van der Waals surface area contributed by atoms with Crippen molar-refractivity contribution in [3.63, 3.8) is 0 Å². The normalized spacial score (nSPS) is 11.1. The summed E-state index contributed by atoms with van der Waals surface area (Å²) < 4.78 is 4.52. The summed E-state index contributed by atoms with van der Waals surface area (Å²) in [6.45, 7) is 0.0934. The van der Waals surface area contributed by atoms with E-state index < -0.39 is 11.2 Å². The van der Waals surface area contributed by atoms with Crippen LogP contribution in [0.3, 0.4) is 0 Å². The molecule has 23 heavy (non-hydrogen) atoms. The van der Waals surface area contributed by atoms with E-state index in [1.807, 2.05) is 6.07 Å². The van der Waals surface area contributed by atoms with Crippen molar-refractivity contribution in [3.05, 3.63) is 72.0 Å². The lowest BCUT2D eigenvalue weighted by atomic mass is 10.2. The minimum atomic E-state index is -0.433. The largest absolute Gasteiger partial charge is 0.330 e. The first-order valence-electron chi connectivity index (χ1n) is 6.79. The lowest BCUT2D eigenvalue weighted by molar-refractivity contribution is 0.615. The molecule has 0 spiro atoms. The van der Waals surface area contributed by atoms with Crippen LogP contribution in [0.15, 0.2) is 49.4 Å². The predicted molar refractivity (Wildman–Crippen MR) is 89.7 cm³/mol. The van der Waals surface area contributed by atoms with Crippen LogP contribution < -0.4 is 16.8 Å². The van der Waals surface area contributed by atoms with E-state index in [1.54, 1.807) is 19.2 Å². The van der Waals surface area contributed by atoms with Gasteiger partial charge in [-0.2, -0.15) is 0 Å². The van der Waals surface area contributed by atoms with E-state index in [-0.39, 0.29) is 12.1 Å². The highest BCUT2D eigenvalue weighted by atomic mass is 79.9. The van der Waals surface area contributed by atoms with E-state index in [4.69, 9.17) is 0 Å². The number of benzene rings is 1. The minimum absolute atomic E-state index is 0.0934. The molecule has 2 heterocycles. The van der Waals surface area contributed by atoms with Gasteiger partial charge in [0.25, 0.3) is 11.1 Å². The zero-order valence-electron chi connectivity index (χ0n) is 12.5. The number of nitrogens with zero attached hydrogens (tertiary/aromatic N) is 4. The molecule has 0 N–H and O–H groups in total. The van der Waals surface area contributed by atoms with Crippen LogP contribution in [0.5, 0.6) is 0 Å². The number of halogens is 1. The summed E-state index contributed by atoms with van der Waals surface area (Å²) in [6.07, 6.45) is 1.42. The van der Waals surface area contributed by atoms with E-state index in [1.165, 1.54) is 28.6 Å². The Morgan fingerprint density at radius 1 is 1.09 bits per heavy atom. The highest BCUT2D eigenvalue weighted by Gasteiger charge is 2.09. The highest BCUT2D eigenvalue weighted by molar-refractivity contribution is 9.10. The van der Waals surface area contributed by atoms with Crippen LogP contribution in [0.1, 0.15) is 5.69 Å². The summed E-state index contributed by atoms with van der Waals surface area (Å²) in [7, 11) is 2.98. The van der Waals surface area contributed by atoms with Crippen LogP contribution in [0.25, 0.3) is 10.9 Å². The van der Waals surface area contributed by atoms with Crippen LogP contribution in [0, 0.1) is 0 Å². The molecule has 118 valence electrons. The molecule has 7 nitrogen and oxygen atoms in total. The van der Waals surface area contributed by atoms with Crippen molar-refractivity contribution in [2.24, 2.45) is 14.1 Å². The number of rotatable bonds is 2. The van der Waals surface area contributed by atoms with Crippen molar-refractivity contribution >= 4 is 26.8 Å². The first kappa shape index (κ1) is 15.4. The molecule has 0 saturated heterocycles. The Balaban J connectivity index is 2.17. The van der Waals surface area contributed by atoms with Gasteiger partial charge in [-0.25, -0.2) is 9.78 Å². The summed E-state index contributed by atoms with van der Waals surface area (Å²) in [5.74, 6) is 0. The van der Waals surface area contributed by atoms with E-state index >= 15 is 0 Å². The van der Waals surface area contributed by atoms with Gasteiger partial charge in [0.2, 0.25) is 0 Å². The molecule has 0 aliphatic rings. The topological polar surface area (TPSA) is 78.9 Å². The molecule has 8 heteroatoms. The maximum atomic E-state index is 12.6. The van der Waals surface area contributed by atoms with Gasteiger partial charge in [0.05, 0.1) is 23.8 Å². The summed E-state index contributed by atoms with van der Waals surface area (Å²) in [5, 5.41) is 0.468. The SMILES string of the molecule is Cn1c(Cn2cnc3ccc(Br)cc3c2=O)cc(=O)n(C)c1=O. The second-order valence-electron chi connectivity index (χ2n) is 5.21. The molecule has 2 aromatic heterocycles. The zero-order valence-corrected chi connectivity index (χ0v) is 14.1. The first-order valence-corrected chi connectivity index (χ1v) is 7.58. The van der Waals surface area contributed by atoms with Crippen LogP contribution in [-0.4, -0.2) is 18.7 Å². The number of hydrogen-bond acceptors (Lipinski definition) is 4. The summed E-state index contributed by atoms with van der Waals surface area (Å²) in [6, 6.07) is 6.60. The molecule has 0 unspecified atom stereocenters. The van der Waals surface area contributed by atoms with E-state index in [0.29, 0.717) is 16.6 Å². The Kier molecular flexibility index (Phi) is 3.77. The molecule has 0 aliphatic heterocycles. The van der Waals surface area contributed by atoms with Crippen LogP contribution in [-0.2, 0) is 20.6 Å². The minimum Gasteiger partial charge on any atom is -0.299 e. The summed E-state index contributed by atoms with van der Waals surface area (Å²) in [4.78, 5) is 40.6. The Morgan fingerprint density at radius 2 is 1.83 bits per heavy atom. The van der Waals surface area contributed by atoms with Gasteiger partial charge in [0, 0.05) is 30.3 Å². The Morgan fingerprint density at radius 3 is 2.57 bits per heavy atom. The summed E-state index contributed by atoms with van der Waals surface area (Å²) >= 11 is 3.33. The van der Waals surface area contributed by atoms with Crippen molar-refractivity contribution in [3.8, 4) is 0 Å². The Bertz CT molecular complexity index is 1090. The van der Waals surface area contributed by atoms with Gasteiger partial charge in [0.1, 0.15) is 0 Å². The molecule has 0 aliphatic carbocycles. The van der Waals surface area contributed by atoms with Crippen molar-refractivity contribution in [1.82, 2.24) is 18.7 Å². The van der Waals surface area contributed by atoms with Crippen LogP contribution in [0.2, 0.25) is 0 Å². The number of hydrogen-bond donors (Lipinski definition) is 0. The summed E-state index contributed by atoms with van der Waals surface area (Å²) in [5.41, 5.74) is -0.0437. The average molecular weight is 377 g/mol. The molecule has 0 amide bonds. The van der Waals surface area contributed by atoms with Crippen LogP contribution in [0.4, 0.5) is 0 Å². The molecule has 3 aromatic rings. The third kappa shape index (κ3) is 2.65. The molecular weight excluding hydrogens is 364 g/mol.